The lowest BCUT2D eigenvalue weighted by Gasteiger charge is -2.27. The Labute approximate surface area is 450 Å². The van der Waals surface area contributed by atoms with E-state index in [1.54, 1.807) is 27.8 Å². The summed E-state index contributed by atoms with van der Waals surface area (Å²) in [6.45, 7) is 7.01. The normalized spacial score (nSPS) is 13.9. The number of likely N-dealkylation sites (N-methyl/N-ethyl adjacent to an activating group) is 1. The fraction of sp³-hybridized carbons (Fsp3) is 0.756. The van der Waals surface area contributed by atoms with Crippen LogP contribution in [0.4, 0.5) is 0 Å². The van der Waals surface area contributed by atoms with Gasteiger partial charge in [0.2, 0.25) is 58.6 Å². The van der Waals surface area contributed by atoms with E-state index < -0.39 is 133 Å². The van der Waals surface area contributed by atoms with Crippen molar-refractivity contribution >= 4 is 64.4 Å². The Balaban J connectivity index is 6.36. The Morgan fingerprint density at radius 3 is 1.34 bits per heavy atom. The standard InChI is InChI=1S/C45H91N21O11/c1-24(2)16-30(65-40(75)28(11-8-14-55-44(49)50)57-18-32(67)26(5)53-6)39(74)38(73)27(10-7-13-54-43(47)48)63-41(76)29(12-9-15-56-45(51)52)64-42(77)31(17-25(3)4)66-62-23-37(72)58-19-33(68)34(69)20-60-61-22-36(71)59-21-35(46)70/h24-31,43-45,53-57,60-62,66H,7-23,47-52H2,1-6H3,(H2,46,70)(H,58,72)(H,59,71)(H,63,76)(H,64,77)(H,65,75)/t26-,27-,28-,29-,30-,31-/m0/s1. The van der Waals surface area contributed by atoms with Crippen LogP contribution in [0.3, 0.4) is 0 Å². The predicted molar refractivity (Wildman–Crippen MR) is 284 cm³/mol. The van der Waals surface area contributed by atoms with Gasteiger partial charge in [-0.15, -0.1) is 0 Å². The highest BCUT2D eigenvalue weighted by Crippen LogP contribution is 2.12. The van der Waals surface area contributed by atoms with Crippen LogP contribution in [0, 0.1) is 11.8 Å². The van der Waals surface area contributed by atoms with E-state index >= 15 is 0 Å². The summed E-state index contributed by atoms with van der Waals surface area (Å²) in [6.07, 6.45) is -1.55. The number of carbonyl (C=O) groups is 11. The van der Waals surface area contributed by atoms with Crippen molar-refractivity contribution in [1.29, 1.82) is 0 Å². The van der Waals surface area contributed by atoms with Gasteiger partial charge >= 0.3 is 0 Å². The number of rotatable bonds is 47. The topological polar surface area (TPSA) is 538 Å². The summed E-state index contributed by atoms with van der Waals surface area (Å²) in [5, 5.41) is 26.9. The van der Waals surface area contributed by atoms with Gasteiger partial charge < -0.3 is 72.0 Å². The molecule has 0 saturated heterocycles. The number of Topliss-reactive ketones (excluding diaryl/α,β-unsaturated/α-hetero) is 5. The number of hydrogen-bond donors (Lipinski definition) is 21. The van der Waals surface area contributed by atoms with Gasteiger partial charge in [0.05, 0.1) is 63.4 Å². The molecule has 32 heteroatoms. The van der Waals surface area contributed by atoms with Crippen molar-refractivity contribution in [2.45, 2.75) is 141 Å². The minimum atomic E-state index is -1.47. The third-order valence-corrected chi connectivity index (χ3v) is 11.1. The molecule has 32 nitrogen and oxygen atoms in total. The number of primary amides is 1. The van der Waals surface area contributed by atoms with Crippen LogP contribution in [-0.2, 0) is 52.7 Å². The number of hydrazine groups is 2. The van der Waals surface area contributed by atoms with E-state index in [2.05, 4.69) is 74.9 Å². The summed E-state index contributed by atoms with van der Waals surface area (Å²) in [5.41, 5.74) is 48.9. The fourth-order valence-corrected chi connectivity index (χ4v) is 6.92. The summed E-state index contributed by atoms with van der Waals surface area (Å²) in [5.74, 6) is -8.77. The van der Waals surface area contributed by atoms with E-state index in [4.69, 9.17) is 40.1 Å². The maximum absolute atomic E-state index is 14.4. The van der Waals surface area contributed by atoms with Gasteiger partial charge in [-0.05, 0) is 96.8 Å². The fourth-order valence-electron chi connectivity index (χ4n) is 6.92. The molecule has 0 radical (unpaired) electrons. The van der Waals surface area contributed by atoms with Crippen LogP contribution in [-0.4, -0.2) is 185 Å². The van der Waals surface area contributed by atoms with Crippen molar-refractivity contribution in [2.75, 3.05) is 66.0 Å². The van der Waals surface area contributed by atoms with E-state index in [-0.39, 0.29) is 95.3 Å². The van der Waals surface area contributed by atoms with E-state index in [1.807, 2.05) is 13.8 Å². The minimum absolute atomic E-state index is 0.0205. The molecule has 0 fully saturated rings. The molecular formula is C45H91N21O11. The monoisotopic (exact) mass is 1100 g/mol. The molecule has 0 aromatic rings. The van der Waals surface area contributed by atoms with Gasteiger partial charge in [0.25, 0.3) is 0 Å². The predicted octanol–water partition coefficient (Wildman–Crippen LogP) is -10.1. The molecule has 442 valence electrons. The van der Waals surface area contributed by atoms with Gasteiger partial charge in [-0.2, -0.15) is 0 Å². The van der Waals surface area contributed by atoms with Crippen LogP contribution in [0.2, 0.25) is 0 Å². The van der Waals surface area contributed by atoms with Crippen molar-refractivity contribution in [3.8, 4) is 0 Å². The van der Waals surface area contributed by atoms with Gasteiger partial charge in [0.1, 0.15) is 31.0 Å². The average Bonchev–Trinajstić information content (AvgIpc) is 3.35. The summed E-state index contributed by atoms with van der Waals surface area (Å²) in [7, 11) is 1.62. The molecule has 0 rings (SSSR count). The average molecular weight is 1100 g/mol. The van der Waals surface area contributed by atoms with E-state index in [0.29, 0.717) is 13.0 Å². The lowest BCUT2D eigenvalue weighted by molar-refractivity contribution is -0.141. The highest BCUT2D eigenvalue weighted by Gasteiger charge is 2.36. The molecule has 0 aliphatic carbocycles. The van der Waals surface area contributed by atoms with Crippen LogP contribution < -0.4 is 115 Å². The number of ketones is 5. The Morgan fingerprint density at radius 2 is 0.831 bits per heavy atom. The number of carbonyl (C=O) groups excluding carboxylic acids is 11. The van der Waals surface area contributed by atoms with Crippen molar-refractivity contribution in [1.82, 2.24) is 74.9 Å². The van der Waals surface area contributed by atoms with Gasteiger partial charge in [0, 0.05) is 0 Å². The molecule has 0 spiro atoms. The molecule has 0 aromatic carbocycles. The van der Waals surface area contributed by atoms with Crippen molar-refractivity contribution < 1.29 is 52.7 Å². The molecule has 6 amide bonds. The number of amides is 6. The molecule has 77 heavy (non-hydrogen) atoms. The molecule has 0 aliphatic heterocycles. The van der Waals surface area contributed by atoms with E-state index in [9.17, 15) is 52.7 Å². The Kier molecular flexibility index (Phi) is 37.9. The third-order valence-electron chi connectivity index (χ3n) is 11.1. The number of hydrogen-bond acceptors (Lipinski definition) is 26. The zero-order chi connectivity index (χ0) is 58.6. The van der Waals surface area contributed by atoms with Gasteiger partial charge in [-0.25, -0.2) is 21.7 Å². The number of nitrogens with two attached hydrogens (primary N) is 7. The molecule has 0 aromatic heterocycles. The highest BCUT2D eigenvalue weighted by atomic mass is 16.2. The second-order valence-electron chi connectivity index (χ2n) is 19.1. The second kappa shape index (κ2) is 40.7. The first-order valence-electron chi connectivity index (χ1n) is 25.7. The Hall–Kier alpha value is -5.43. The first-order valence-corrected chi connectivity index (χ1v) is 25.7. The zero-order valence-electron chi connectivity index (χ0n) is 45.4. The quantitative estimate of drug-likeness (QED) is 0.0116. The third kappa shape index (κ3) is 34.9. The summed E-state index contributed by atoms with van der Waals surface area (Å²) in [6, 6.07) is -6.71. The summed E-state index contributed by atoms with van der Waals surface area (Å²) >= 11 is 0. The number of nitrogens with one attached hydrogen (secondary N) is 14. The van der Waals surface area contributed by atoms with E-state index in [1.165, 1.54) is 0 Å². The molecule has 0 unspecified atom stereocenters. The van der Waals surface area contributed by atoms with Crippen molar-refractivity contribution in [2.24, 2.45) is 52.0 Å². The lowest BCUT2D eigenvalue weighted by Crippen LogP contribution is -2.59. The summed E-state index contributed by atoms with van der Waals surface area (Å²) in [4.78, 5) is 143. The molecular weight excluding hydrogens is 1010 g/mol. The molecule has 0 bridgehead atoms. The van der Waals surface area contributed by atoms with Crippen LogP contribution in [0.25, 0.3) is 0 Å². The first kappa shape index (κ1) is 71.6. The van der Waals surface area contributed by atoms with Gasteiger partial charge in [0.15, 0.2) is 5.78 Å². The SMILES string of the molecule is CN[C@@H](C)C(=O)CN[C@@H](CCCNC(N)N)C(=O)N[C@@H](CC(C)C)C(=O)C(=O)[C@H](CCCNC(N)N)NC(=O)[C@H](CCCNC(N)N)NC(=O)[C@H](CC(C)C)NNCC(=O)NCC(=O)C(=O)CNNCC(=O)NCC(N)=O. The molecule has 0 saturated carbocycles. The smallest absolute Gasteiger partial charge is 0.243 e. The van der Waals surface area contributed by atoms with Crippen molar-refractivity contribution in [3.05, 3.63) is 0 Å². The highest BCUT2D eigenvalue weighted by molar-refractivity contribution is 6.41. The van der Waals surface area contributed by atoms with E-state index in [0.717, 1.165) is 0 Å². The maximum atomic E-state index is 14.4. The Bertz CT molecular complexity index is 1880. The van der Waals surface area contributed by atoms with Crippen LogP contribution >= 0.6 is 0 Å². The molecule has 6 atom stereocenters. The van der Waals surface area contributed by atoms with Crippen molar-refractivity contribution in [3.63, 3.8) is 0 Å². The van der Waals surface area contributed by atoms with Crippen LogP contribution in [0.5, 0.6) is 0 Å². The van der Waals surface area contributed by atoms with Crippen LogP contribution in [0.1, 0.15) is 86.0 Å². The minimum Gasteiger partial charge on any atom is -0.368 e. The molecule has 0 aliphatic rings. The first-order chi connectivity index (χ1) is 36.2. The molecule has 0 heterocycles. The summed E-state index contributed by atoms with van der Waals surface area (Å²) < 4.78 is 0. The zero-order valence-corrected chi connectivity index (χ0v) is 45.4. The van der Waals surface area contributed by atoms with Gasteiger partial charge in [-0.3, -0.25) is 74.0 Å². The van der Waals surface area contributed by atoms with Gasteiger partial charge in [-0.1, -0.05) is 27.7 Å². The maximum Gasteiger partial charge on any atom is 0.243 e. The molecule has 28 N–H and O–H groups in total. The lowest BCUT2D eigenvalue weighted by atomic mass is 9.93. The van der Waals surface area contributed by atoms with Crippen LogP contribution in [0.15, 0.2) is 0 Å². The second-order valence-corrected chi connectivity index (χ2v) is 19.1. The Morgan fingerprint density at radius 1 is 0.429 bits per heavy atom. The largest absolute Gasteiger partial charge is 0.368 e.